The molecule has 1 aromatic carbocycles. The summed E-state index contributed by atoms with van der Waals surface area (Å²) < 4.78 is 5.19. The van der Waals surface area contributed by atoms with Crippen molar-refractivity contribution in [3.05, 3.63) is 59.9 Å². The number of piperazine rings is 1. The Labute approximate surface area is 154 Å². The number of aromatic nitrogens is 1. The van der Waals surface area contributed by atoms with Gasteiger partial charge in [0, 0.05) is 38.9 Å². The molecule has 0 bridgehead atoms. The summed E-state index contributed by atoms with van der Waals surface area (Å²) in [5.41, 5.74) is 2.18. The van der Waals surface area contributed by atoms with E-state index in [0.29, 0.717) is 6.54 Å². The van der Waals surface area contributed by atoms with Gasteiger partial charge in [-0.05, 0) is 36.2 Å². The third kappa shape index (κ3) is 5.20. The van der Waals surface area contributed by atoms with Gasteiger partial charge in [-0.15, -0.1) is 0 Å². The van der Waals surface area contributed by atoms with E-state index in [-0.39, 0.29) is 6.03 Å². The number of ether oxygens (including phenoxy) is 1. The molecule has 138 valence electrons. The molecule has 1 aliphatic rings. The summed E-state index contributed by atoms with van der Waals surface area (Å²) in [6.45, 7) is 4.82. The molecule has 0 radical (unpaired) electrons. The highest BCUT2D eigenvalue weighted by Crippen LogP contribution is 2.12. The first-order valence-electron chi connectivity index (χ1n) is 9.02. The number of hydrogen-bond acceptors (Lipinski definition) is 4. The predicted octanol–water partition coefficient (Wildman–Crippen LogP) is 2.16. The van der Waals surface area contributed by atoms with Crippen LogP contribution in [0.4, 0.5) is 4.79 Å². The number of rotatable bonds is 6. The molecule has 1 aliphatic heterocycles. The van der Waals surface area contributed by atoms with Gasteiger partial charge in [0.05, 0.1) is 19.3 Å². The number of carbonyl (C=O) groups excluding carboxylic acids is 1. The van der Waals surface area contributed by atoms with Crippen molar-refractivity contribution in [2.75, 3.05) is 39.8 Å². The molecule has 0 atom stereocenters. The van der Waals surface area contributed by atoms with Gasteiger partial charge in [0.2, 0.25) is 0 Å². The third-order valence-electron chi connectivity index (χ3n) is 4.68. The van der Waals surface area contributed by atoms with Gasteiger partial charge in [-0.1, -0.05) is 18.2 Å². The van der Waals surface area contributed by atoms with E-state index in [0.717, 1.165) is 50.6 Å². The van der Waals surface area contributed by atoms with Crippen molar-refractivity contribution in [1.82, 2.24) is 20.1 Å². The van der Waals surface area contributed by atoms with Crippen molar-refractivity contribution in [1.29, 1.82) is 0 Å². The standard InChI is InChI=1S/C20H26N4O2/c1-26-19-7-5-17(6-8-19)9-11-23-12-14-24(15-13-23)20(25)22-16-18-4-2-3-10-21-18/h2-8,10H,9,11-16H2,1H3,(H,22,25). The SMILES string of the molecule is COc1ccc(CCN2CCN(C(=O)NCc3ccccn3)CC2)cc1. The van der Waals surface area contributed by atoms with Crippen LogP contribution >= 0.6 is 0 Å². The lowest BCUT2D eigenvalue weighted by Gasteiger charge is -2.34. The number of nitrogens with zero attached hydrogens (tertiary/aromatic N) is 3. The number of nitrogens with one attached hydrogen (secondary N) is 1. The Hall–Kier alpha value is -2.60. The number of benzene rings is 1. The van der Waals surface area contributed by atoms with Crippen LogP contribution in [0.5, 0.6) is 5.75 Å². The van der Waals surface area contributed by atoms with Crippen molar-refractivity contribution in [3.63, 3.8) is 0 Å². The van der Waals surface area contributed by atoms with Crippen molar-refractivity contribution < 1.29 is 9.53 Å². The highest BCUT2D eigenvalue weighted by atomic mass is 16.5. The van der Waals surface area contributed by atoms with Gasteiger partial charge < -0.3 is 15.0 Å². The van der Waals surface area contributed by atoms with Crippen LogP contribution in [0.15, 0.2) is 48.7 Å². The van der Waals surface area contributed by atoms with Crippen molar-refractivity contribution in [3.8, 4) is 5.75 Å². The lowest BCUT2D eigenvalue weighted by molar-refractivity contribution is 0.140. The second-order valence-corrected chi connectivity index (χ2v) is 6.41. The predicted molar refractivity (Wildman–Crippen MR) is 101 cm³/mol. The summed E-state index contributed by atoms with van der Waals surface area (Å²) in [5, 5.41) is 2.95. The smallest absolute Gasteiger partial charge is 0.317 e. The van der Waals surface area contributed by atoms with Gasteiger partial charge in [-0.3, -0.25) is 9.88 Å². The third-order valence-corrected chi connectivity index (χ3v) is 4.68. The molecule has 2 aromatic rings. The number of hydrogen-bond donors (Lipinski definition) is 1. The van der Waals surface area contributed by atoms with Gasteiger partial charge in [-0.2, -0.15) is 0 Å². The molecule has 0 aliphatic carbocycles. The van der Waals surface area contributed by atoms with Gasteiger partial charge in [0.15, 0.2) is 0 Å². The van der Waals surface area contributed by atoms with Crippen LogP contribution < -0.4 is 10.1 Å². The fourth-order valence-corrected chi connectivity index (χ4v) is 3.03. The topological polar surface area (TPSA) is 57.7 Å². The van der Waals surface area contributed by atoms with E-state index >= 15 is 0 Å². The molecule has 3 rings (SSSR count). The number of methoxy groups -OCH3 is 1. The van der Waals surface area contributed by atoms with E-state index in [2.05, 4.69) is 27.3 Å². The molecule has 26 heavy (non-hydrogen) atoms. The highest BCUT2D eigenvalue weighted by molar-refractivity contribution is 5.74. The van der Waals surface area contributed by atoms with E-state index in [4.69, 9.17) is 4.74 Å². The maximum absolute atomic E-state index is 12.3. The highest BCUT2D eigenvalue weighted by Gasteiger charge is 2.20. The van der Waals surface area contributed by atoms with Crippen LogP contribution in [0.3, 0.4) is 0 Å². The molecule has 6 heteroatoms. The van der Waals surface area contributed by atoms with Crippen molar-refractivity contribution >= 4 is 6.03 Å². The zero-order valence-corrected chi connectivity index (χ0v) is 15.2. The molecule has 2 amide bonds. The molecule has 0 saturated carbocycles. The lowest BCUT2D eigenvalue weighted by atomic mass is 10.1. The number of urea groups is 1. The maximum Gasteiger partial charge on any atom is 0.317 e. The first-order valence-corrected chi connectivity index (χ1v) is 9.02. The Morgan fingerprint density at radius 2 is 1.88 bits per heavy atom. The van der Waals surface area contributed by atoms with E-state index in [1.54, 1.807) is 13.3 Å². The molecular formula is C20H26N4O2. The maximum atomic E-state index is 12.3. The van der Waals surface area contributed by atoms with Crippen LogP contribution in [-0.2, 0) is 13.0 Å². The van der Waals surface area contributed by atoms with Crippen LogP contribution in [0, 0.1) is 0 Å². The zero-order chi connectivity index (χ0) is 18.2. The summed E-state index contributed by atoms with van der Waals surface area (Å²) >= 11 is 0. The second kappa shape index (κ2) is 9.20. The minimum Gasteiger partial charge on any atom is -0.497 e. The first-order chi connectivity index (χ1) is 12.7. The van der Waals surface area contributed by atoms with Crippen molar-refractivity contribution in [2.24, 2.45) is 0 Å². The Morgan fingerprint density at radius 1 is 1.12 bits per heavy atom. The fraction of sp³-hybridized carbons (Fsp3) is 0.400. The van der Waals surface area contributed by atoms with E-state index in [1.807, 2.05) is 35.2 Å². The van der Waals surface area contributed by atoms with Crippen LogP contribution in [-0.4, -0.2) is 60.6 Å². The van der Waals surface area contributed by atoms with Crippen molar-refractivity contribution in [2.45, 2.75) is 13.0 Å². The quantitative estimate of drug-likeness (QED) is 0.864. The molecular weight excluding hydrogens is 328 g/mol. The minimum atomic E-state index is -0.00884. The van der Waals surface area contributed by atoms with Gasteiger partial charge in [0.1, 0.15) is 5.75 Å². The summed E-state index contributed by atoms with van der Waals surface area (Å²) in [4.78, 5) is 20.8. The van der Waals surface area contributed by atoms with Crippen LogP contribution in [0.2, 0.25) is 0 Å². The Kier molecular flexibility index (Phi) is 6.44. The lowest BCUT2D eigenvalue weighted by Crippen LogP contribution is -2.51. The van der Waals surface area contributed by atoms with E-state index in [1.165, 1.54) is 5.56 Å². The Bertz CT molecular complexity index is 683. The second-order valence-electron chi connectivity index (χ2n) is 6.41. The molecule has 6 nitrogen and oxygen atoms in total. The van der Waals surface area contributed by atoms with Gasteiger partial charge in [0.25, 0.3) is 0 Å². The Morgan fingerprint density at radius 3 is 2.54 bits per heavy atom. The number of amides is 2. The van der Waals surface area contributed by atoms with Gasteiger partial charge >= 0.3 is 6.03 Å². The molecule has 1 aromatic heterocycles. The monoisotopic (exact) mass is 354 g/mol. The largest absolute Gasteiger partial charge is 0.497 e. The first kappa shape index (κ1) is 18.2. The zero-order valence-electron chi connectivity index (χ0n) is 15.2. The minimum absolute atomic E-state index is 0.00884. The molecule has 1 fully saturated rings. The molecule has 0 spiro atoms. The molecule has 2 heterocycles. The normalized spacial score (nSPS) is 14.9. The molecule has 1 N–H and O–H groups in total. The average Bonchev–Trinajstić information content (AvgIpc) is 2.72. The van der Waals surface area contributed by atoms with Gasteiger partial charge in [-0.25, -0.2) is 4.79 Å². The number of pyridine rings is 1. The summed E-state index contributed by atoms with van der Waals surface area (Å²) in [6.07, 6.45) is 2.75. The summed E-state index contributed by atoms with van der Waals surface area (Å²) in [5.74, 6) is 0.888. The molecule has 0 unspecified atom stereocenters. The number of carbonyl (C=O) groups is 1. The van der Waals surface area contributed by atoms with E-state index in [9.17, 15) is 4.79 Å². The summed E-state index contributed by atoms with van der Waals surface area (Å²) in [6, 6.07) is 13.9. The van der Waals surface area contributed by atoms with Crippen LogP contribution in [0.25, 0.3) is 0 Å². The molecule has 1 saturated heterocycles. The summed E-state index contributed by atoms with van der Waals surface area (Å²) in [7, 11) is 1.68. The average molecular weight is 354 g/mol. The van der Waals surface area contributed by atoms with Crippen LogP contribution in [0.1, 0.15) is 11.3 Å². The fourth-order valence-electron chi connectivity index (χ4n) is 3.03. The van der Waals surface area contributed by atoms with E-state index < -0.39 is 0 Å². The Balaban J connectivity index is 1.37.